The van der Waals surface area contributed by atoms with Crippen LogP contribution < -0.4 is 5.32 Å². The predicted octanol–water partition coefficient (Wildman–Crippen LogP) is 3.81. The van der Waals surface area contributed by atoms with E-state index in [4.69, 9.17) is 4.74 Å². The van der Waals surface area contributed by atoms with E-state index in [1.165, 1.54) is 11.1 Å². The highest BCUT2D eigenvalue weighted by Crippen LogP contribution is 2.14. The van der Waals surface area contributed by atoms with Gasteiger partial charge in [0.05, 0.1) is 6.61 Å². The maximum absolute atomic E-state index is 12.2. The molecule has 1 saturated heterocycles. The molecule has 0 bridgehead atoms. The van der Waals surface area contributed by atoms with Crippen LogP contribution in [0.4, 0.5) is 0 Å². The van der Waals surface area contributed by atoms with Crippen LogP contribution in [-0.4, -0.2) is 43.2 Å². The Morgan fingerprint density at radius 2 is 1.71 bits per heavy atom. The van der Waals surface area contributed by atoms with E-state index < -0.39 is 0 Å². The molecule has 4 heteroatoms. The van der Waals surface area contributed by atoms with Crippen molar-refractivity contribution in [2.75, 3.05) is 26.3 Å². The van der Waals surface area contributed by atoms with E-state index in [0.29, 0.717) is 19.6 Å². The summed E-state index contributed by atoms with van der Waals surface area (Å²) in [5.41, 5.74) is 2.62. The van der Waals surface area contributed by atoms with E-state index in [-0.39, 0.29) is 11.9 Å². The zero-order valence-corrected chi connectivity index (χ0v) is 16.7. The van der Waals surface area contributed by atoms with Gasteiger partial charge in [-0.3, -0.25) is 9.69 Å². The monoisotopic (exact) mass is 380 g/mol. The van der Waals surface area contributed by atoms with Crippen LogP contribution in [0.15, 0.2) is 60.7 Å². The number of likely N-dealkylation sites (tertiary alicyclic amines) is 1. The Labute approximate surface area is 168 Å². The number of hydrogen-bond donors (Lipinski definition) is 1. The lowest BCUT2D eigenvalue weighted by Gasteiger charge is -2.33. The second-order valence-corrected chi connectivity index (χ2v) is 7.58. The number of nitrogens with zero attached hydrogens (tertiary/aromatic N) is 1. The third-order valence-corrected chi connectivity index (χ3v) is 5.19. The first-order valence-corrected chi connectivity index (χ1v) is 10.5. The molecule has 0 aromatic heterocycles. The molecule has 4 nitrogen and oxygen atoms in total. The number of nitrogens with one attached hydrogen (secondary N) is 1. The second-order valence-electron chi connectivity index (χ2n) is 7.58. The molecule has 1 aliphatic rings. The van der Waals surface area contributed by atoms with Crippen LogP contribution in [-0.2, 0) is 22.5 Å². The molecule has 28 heavy (non-hydrogen) atoms. The van der Waals surface area contributed by atoms with Gasteiger partial charge in [0.2, 0.25) is 5.91 Å². The molecular weight excluding hydrogens is 348 g/mol. The van der Waals surface area contributed by atoms with Crippen molar-refractivity contribution >= 4 is 5.91 Å². The number of carbonyl (C=O) groups is 1. The van der Waals surface area contributed by atoms with E-state index in [1.807, 2.05) is 24.3 Å². The van der Waals surface area contributed by atoms with Gasteiger partial charge in [0, 0.05) is 32.2 Å². The summed E-state index contributed by atoms with van der Waals surface area (Å²) in [6.07, 6.45) is 4.46. The van der Waals surface area contributed by atoms with Crippen LogP contribution >= 0.6 is 0 Å². The number of ether oxygens (including phenoxy) is 1. The largest absolute Gasteiger partial charge is 0.381 e. The molecule has 1 heterocycles. The lowest BCUT2D eigenvalue weighted by molar-refractivity contribution is -0.122. The van der Waals surface area contributed by atoms with Gasteiger partial charge in [-0.1, -0.05) is 60.7 Å². The van der Waals surface area contributed by atoms with E-state index in [1.54, 1.807) is 0 Å². The average Bonchev–Trinajstić information content (AvgIpc) is 2.72. The summed E-state index contributed by atoms with van der Waals surface area (Å²) >= 11 is 0. The Morgan fingerprint density at radius 3 is 2.46 bits per heavy atom. The standard InChI is InChI=1S/C24H32N2O2/c27-24(14-8-17-28-18-15-21-9-3-1-4-10-21)25-23-13-7-16-26(20-23)19-22-11-5-2-6-12-22/h1-6,9-12,23H,7-8,13-20H2,(H,25,27). The molecule has 0 radical (unpaired) electrons. The van der Waals surface area contributed by atoms with E-state index in [0.717, 1.165) is 45.3 Å². The number of benzene rings is 2. The summed E-state index contributed by atoms with van der Waals surface area (Å²) in [5, 5.41) is 3.22. The fraction of sp³-hybridized carbons (Fsp3) is 0.458. The first-order valence-electron chi connectivity index (χ1n) is 10.5. The predicted molar refractivity (Wildman–Crippen MR) is 113 cm³/mol. The van der Waals surface area contributed by atoms with Crippen LogP contribution in [0.25, 0.3) is 0 Å². The van der Waals surface area contributed by atoms with Crippen LogP contribution in [0.1, 0.15) is 36.8 Å². The van der Waals surface area contributed by atoms with Crippen molar-refractivity contribution in [1.29, 1.82) is 0 Å². The minimum absolute atomic E-state index is 0.151. The maximum atomic E-state index is 12.2. The fourth-order valence-electron chi connectivity index (χ4n) is 3.73. The van der Waals surface area contributed by atoms with Crippen molar-refractivity contribution in [2.24, 2.45) is 0 Å². The smallest absolute Gasteiger partial charge is 0.220 e. The van der Waals surface area contributed by atoms with Crippen LogP contribution in [0.5, 0.6) is 0 Å². The number of hydrogen-bond acceptors (Lipinski definition) is 3. The maximum Gasteiger partial charge on any atom is 0.220 e. The van der Waals surface area contributed by atoms with Crippen molar-refractivity contribution < 1.29 is 9.53 Å². The lowest BCUT2D eigenvalue weighted by atomic mass is 10.0. The SMILES string of the molecule is O=C(CCCOCCc1ccccc1)NC1CCCN(Cc2ccccc2)C1. The molecule has 2 aromatic carbocycles. The molecule has 0 spiro atoms. The van der Waals surface area contributed by atoms with E-state index >= 15 is 0 Å². The number of rotatable bonds is 10. The quantitative estimate of drug-likeness (QED) is 0.638. The molecular formula is C24H32N2O2. The molecule has 1 amide bonds. The molecule has 1 N–H and O–H groups in total. The Morgan fingerprint density at radius 1 is 1.00 bits per heavy atom. The highest BCUT2D eigenvalue weighted by molar-refractivity contribution is 5.76. The van der Waals surface area contributed by atoms with Gasteiger partial charge in [0.25, 0.3) is 0 Å². The summed E-state index contributed by atoms with van der Waals surface area (Å²) in [7, 11) is 0. The molecule has 1 unspecified atom stereocenters. The van der Waals surface area contributed by atoms with Gasteiger partial charge in [0.1, 0.15) is 0 Å². The number of piperidine rings is 1. The second kappa shape index (κ2) is 11.6. The summed E-state index contributed by atoms with van der Waals surface area (Å²) in [5.74, 6) is 0.151. The molecule has 2 aromatic rings. The molecule has 1 fully saturated rings. The van der Waals surface area contributed by atoms with Crippen molar-refractivity contribution in [2.45, 2.75) is 44.7 Å². The molecule has 1 atom stereocenters. The van der Waals surface area contributed by atoms with Gasteiger partial charge < -0.3 is 10.1 Å². The van der Waals surface area contributed by atoms with Gasteiger partial charge >= 0.3 is 0 Å². The van der Waals surface area contributed by atoms with Gasteiger partial charge in [-0.15, -0.1) is 0 Å². The highest BCUT2D eigenvalue weighted by atomic mass is 16.5. The van der Waals surface area contributed by atoms with Crippen molar-refractivity contribution in [3.05, 3.63) is 71.8 Å². The van der Waals surface area contributed by atoms with Gasteiger partial charge in [-0.2, -0.15) is 0 Å². The average molecular weight is 381 g/mol. The minimum atomic E-state index is 0.151. The Hall–Kier alpha value is -2.17. The highest BCUT2D eigenvalue weighted by Gasteiger charge is 2.21. The van der Waals surface area contributed by atoms with E-state index in [9.17, 15) is 4.79 Å². The molecule has 3 rings (SSSR count). The summed E-state index contributed by atoms with van der Waals surface area (Å²) in [6, 6.07) is 21.2. The fourth-order valence-corrected chi connectivity index (χ4v) is 3.73. The summed E-state index contributed by atoms with van der Waals surface area (Å²) in [4.78, 5) is 14.7. The summed E-state index contributed by atoms with van der Waals surface area (Å²) in [6.45, 7) is 4.36. The number of carbonyl (C=O) groups excluding carboxylic acids is 1. The van der Waals surface area contributed by atoms with Crippen molar-refractivity contribution in [3.63, 3.8) is 0 Å². The molecule has 150 valence electrons. The molecule has 0 aliphatic carbocycles. The van der Waals surface area contributed by atoms with Gasteiger partial charge in [-0.05, 0) is 43.4 Å². The van der Waals surface area contributed by atoms with E-state index in [2.05, 4.69) is 46.6 Å². The third kappa shape index (κ3) is 7.45. The Kier molecular flexibility index (Phi) is 8.54. The lowest BCUT2D eigenvalue weighted by Crippen LogP contribution is -2.47. The van der Waals surface area contributed by atoms with Crippen LogP contribution in [0.2, 0.25) is 0 Å². The minimum Gasteiger partial charge on any atom is -0.381 e. The van der Waals surface area contributed by atoms with Crippen LogP contribution in [0, 0.1) is 0 Å². The van der Waals surface area contributed by atoms with Gasteiger partial charge in [-0.25, -0.2) is 0 Å². The Bertz CT molecular complexity index is 690. The normalized spacial score (nSPS) is 17.4. The van der Waals surface area contributed by atoms with Crippen molar-refractivity contribution in [1.82, 2.24) is 10.2 Å². The van der Waals surface area contributed by atoms with Crippen LogP contribution in [0.3, 0.4) is 0 Å². The molecule has 0 saturated carbocycles. The van der Waals surface area contributed by atoms with Crippen molar-refractivity contribution in [3.8, 4) is 0 Å². The third-order valence-electron chi connectivity index (χ3n) is 5.19. The topological polar surface area (TPSA) is 41.6 Å². The number of amides is 1. The first-order chi connectivity index (χ1) is 13.8. The summed E-state index contributed by atoms with van der Waals surface area (Å²) < 4.78 is 5.67. The first kappa shape index (κ1) is 20.6. The van der Waals surface area contributed by atoms with Gasteiger partial charge in [0.15, 0.2) is 0 Å². The Balaban J connectivity index is 1.27. The molecule has 1 aliphatic heterocycles. The zero-order chi connectivity index (χ0) is 19.4. The zero-order valence-electron chi connectivity index (χ0n) is 16.7.